The van der Waals surface area contributed by atoms with Crippen molar-refractivity contribution in [3.05, 3.63) is 68.5 Å². The monoisotopic (exact) mass is 270 g/mol. The first-order valence-corrected chi connectivity index (χ1v) is 6.15. The van der Waals surface area contributed by atoms with Gasteiger partial charge in [0.2, 0.25) is 0 Å². The van der Waals surface area contributed by atoms with Gasteiger partial charge in [0.1, 0.15) is 0 Å². The summed E-state index contributed by atoms with van der Waals surface area (Å²) in [7, 11) is 0. The second-order valence-electron chi connectivity index (χ2n) is 4.27. The first-order valence-electron chi connectivity index (χ1n) is 6.15. The number of nitrogens with zero attached hydrogens (tertiary/aromatic N) is 3. The second kappa shape index (κ2) is 5.99. The van der Waals surface area contributed by atoms with E-state index < -0.39 is 5.69 Å². The largest absolute Gasteiger partial charge is 0.331 e. The summed E-state index contributed by atoms with van der Waals surface area (Å²) in [6, 6.07) is 10.4. The van der Waals surface area contributed by atoms with Crippen LogP contribution in [0.1, 0.15) is 11.1 Å². The normalized spacial score (nSPS) is 10.2. The van der Waals surface area contributed by atoms with E-state index in [1.54, 1.807) is 24.3 Å². The molecule has 0 atom stereocenters. The molecule has 1 aromatic carbocycles. The molecule has 0 aliphatic carbocycles. The van der Waals surface area contributed by atoms with E-state index in [4.69, 9.17) is 11.0 Å². The number of benzene rings is 1. The van der Waals surface area contributed by atoms with E-state index >= 15 is 0 Å². The van der Waals surface area contributed by atoms with E-state index in [9.17, 15) is 9.59 Å². The van der Waals surface area contributed by atoms with Gasteiger partial charge in [0.15, 0.2) is 0 Å². The molecule has 6 nitrogen and oxygen atoms in total. The van der Waals surface area contributed by atoms with Crippen LogP contribution in [0.5, 0.6) is 0 Å². The highest BCUT2D eigenvalue weighted by Crippen LogP contribution is 2.07. The van der Waals surface area contributed by atoms with Crippen molar-refractivity contribution in [1.82, 2.24) is 9.13 Å². The SMILES string of the molecule is N#Cc1ccccc1Cn1ccc(=O)n(CCN)c1=O. The van der Waals surface area contributed by atoms with Crippen molar-refractivity contribution in [2.45, 2.75) is 13.1 Å². The molecule has 0 aliphatic rings. The maximum Gasteiger partial charge on any atom is 0.331 e. The molecule has 0 radical (unpaired) electrons. The fraction of sp³-hybridized carbons (Fsp3) is 0.214. The maximum absolute atomic E-state index is 12.2. The summed E-state index contributed by atoms with van der Waals surface area (Å²) >= 11 is 0. The third-order valence-electron chi connectivity index (χ3n) is 2.97. The van der Waals surface area contributed by atoms with Gasteiger partial charge < -0.3 is 5.73 Å². The van der Waals surface area contributed by atoms with Crippen LogP contribution in [0.25, 0.3) is 0 Å². The summed E-state index contributed by atoms with van der Waals surface area (Å²) in [4.78, 5) is 23.8. The Morgan fingerprint density at radius 1 is 1.20 bits per heavy atom. The molecule has 6 heteroatoms. The molecule has 2 aromatic rings. The van der Waals surface area contributed by atoms with Gasteiger partial charge in [-0.1, -0.05) is 18.2 Å². The fourth-order valence-electron chi connectivity index (χ4n) is 1.96. The van der Waals surface area contributed by atoms with Crippen LogP contribution in [-0.4, -0.2) is 15.7 Å². The Morgan fingerprint density at radius 3 is 2.65 bits per heavy atom. The van der Waals surface area contributed by atoms with Crippen LogP contribution in [-0.2, 0) is 13.1 Å². The van der Waals surface area contributed by atoms with Gasteiger partial charge in [-0.3, -0.25) is 13.9 Å². The summed E-state index contributed by atoms with van der Waals surface area (Å²) < 4.78 is 2.49. The predicted octanol–water partition coefficient (Wildman–Crippen LogP) is -0.111. The first-order chi connectivity index (χ1) is 9.67. The molecule has 0 amide bonds. The van der Waals surface area contributed by atoms with Gasteiger partial charge in [-0.05, 0) is 11.6 Å². The summed E-state index contributed by atoms with van der Waals surface area (Å²) in [5.74, 6) is 0. The minimum atomic E-state index is -0.421. The molecule has 2 N–H and O–H groups in total. The fourth-order valence-corrected chi connectivity index (χ4v) is 1.96. The molecule has 102 valence electrons. The van der Waals surface area contributed by atoms with Crippen LogP contribution in [0.4, 0.5) is 0 Å². The summed E-state index contributed by atoms with van der Waals surface area (Å²) in [5.41, 5.74) is 5.85. The van der Waals surface area contributed by atoms with E-state index in [0.717, 1.165) is 10.1 Å². The standard InChI is InChI=1S/C14H14N4O2/c15-6-8-18-13(19)5-7-17(14(18)20)10-12-4-2-1-3-11(12)9-16/h1-5,7H,6,8,10,15H2. The van der Waals surface area contributed by atoms with Crippen molar-refractivity contribution in [3.63, 3.8) is 0 Å². The van der Waals surface area contributed by atoms with Crippen molar-refractivity contribution >= 4 is 0 Å². The van der Waals surface area contributed by atoms with E-state index in [1.165, 1.54) is 16.8 Å². The topological polar surface area (TPSA) is 93.8 Å². The van der Waals surface area contributed by atoms with Crippen LogP contribution in [0, 0.1) is 11.3 Å². The Morgan fingerprint density at radius 2 is 1.95 bits per heavy atom. The minimum absolute atomic E-state index is 0.179. The van der Waals surface area contributed by atoms with Crippen LogP contribution < -0.4 is 17.0 Å². The van der Waals surface area contributed by atoms with Gasteiger partial charge in [0.25, 0.3) is 5.56 Å². The zero-order valence-electron chi connectivity index (χ0n) is 10.8. The lowest BCUT2D eigenvalue weighted by Gasteiger charge is -2.10. The van der Waals surface area contributed by atoms with Crippen molar-refractivity contribution in [1.29, 1.82) is 5.26 Å². The Bertz CT molecular complexity index is 768. The van der Waals surface area contributed by atoms with E-state index in [-0.39, 0.29) is 25.2 Å². The number of nitriles is 1. The summed E-state index contributed by atoms with van der Waals surface area (Å²) in [6.45, 7) is 0.639. The smallest absolute Gasteiger partial charge is 0.329 e. The Balaban J connectivity index is 2.45. The molecule has 20 heavy (non-hydrogen) atoms. The van der Waals surface area contributed by atoms with Crippen LogP contribution >= 0.6 is 0 Å². The molecule has 0 bridgehead atoms. The van der Waals surface area contributed by atoms with Crippen molar-refractivity contribution in [2.75, 3.05) is 6.54 Å². The Labute approximate surface area is 115 Å². The van der Waals surface area contributed by atoms with Gasteiger partial charge in [-0.2, -0.15) is 5.26 Å². The highest BCUT2D eigenvalue weighted by Gasteiger charge is 2.07. The quantitative estimate of drug-likeness (QED) is 0.838. The predicted molar refractivity (Wildman–Crippen MR) is 74.3 cm³/mol. The van der Waals surface area contributed by atoms with E-state index in [0.29, 0.717) is 5.56 Å². The van der Waals surface area contributed by atoms with Gasteiger partial charge in [-0.25, -0.2) is 4.79 Å². The van der Waals surface area contributed by atoms with Crippen LogP contribution in [0.3, 0.4) is 0 Å². The summed E-state index contributed by atoms with van der Waals surface area (Å²) in [6.07, 6.45) is 1.44. The zero-order chi connectivity index (χ0) is 14.5. The molecule has 2 rings (SSSR count). The Hall–Kier alpha value is -2.65. The molecular formula is C14H14N4O2. The van der Waals surface area contributed by atoms with Gasteiger partial charge in [0, 0.05) is 25.4 Å². The molecule has 0 fully saturated rings. The first kappa shape index (κ1) is 13.8. The lowest BCUT2D eigenvalue weighted by molar-refractivity contribution is 0.579. The molecule has 0 saturated heterocycles. The summed E-state index contributed by atoms with van der Waals surface area (Å²) in [5, 5.41) is 9.04. The third-order valence-corrected chi connectivity index (χ3v) is 2.97. The molecule has 0 unspecified atom stereocenters. The number of nitrogens with two attached hydrogens (primary N) is 1. The van der Waals surface area contributed by atoms with Crippen molar-refractivity contribution < 1.29 is 0 Å². The van der Waals surface area contributed by atoms with Crippen molar-refractivity contribution in [2.24, 2.45) is 5.73 Å². The Kier molecular flexibility index (Phi) is 4.13. The minimum Gasteiger partial charge on any atom is -0.329 e. The average Bonchev–Trinajstić information content (AvgIpc) is 2.47. The molecule has 0 spiro atoms. The van der Waals surface area contributed by atoms with Crippen molar-refractivity contribution in [3.8, 4) is 6.07 Å². The molecule has 1 heterocycles. The molecule has 1 aromatic heterocycles. The third kappa shape index (κ3) is 2.68. The molecule has 0 aliphatic heterocycles. The second-order valence-corrected chi connectivity index (χ2v) is 4.27. The lowest BCUT2D eigenvalue weighted by atomic mass is 10.1. The number of rotatable bonds is 4. The maximum atomic E-state index is 12.2. The van der Waals surface area contributed by atoms with E-state index in [1.807, 2.05) is 0 Å². The van der Waals surface area contributed by atoms with Crippen LogP contribution in [0.2, 0.25) is 0 Å². The van der Waals surface area contributed by atoms with E-state index in [2.05, 4.69) is 6.07 Å². The molecule has 0 saturated carbocycles. The van der Waals surface area contributed by atoms with Gasteiger partial charge in [0.05, 0.1) is 18.2 Å². The van der Waals surface area contributed by atoms with Crippen LogP contribution in [0.15, 0.2) is 46.1 Å². The zero-order valence-corrected chi connectivity index (χ0v) is 10.8. The number of aromatic nitrogens is 2. The lowest BCUT2D eigenvalue weighted by Crippen LogP contribution is -2.40. The highest BCUT2D eigenvalue weighted by molar-refractivity contribution is 5.37. The number of hydrogen-bond donors (Lipinski definition) is 1. The average molecular weight is 270 g/mol. The number of hydrogen-bond acceptors (Lipinski definition) is 4. The van der Waals surface area contributed by atoms with Gasteiger partial charge in [-0.15, -0.1) is 0 Å². The molecular weight excluding hydrogens is 256 g/mol. The van der Waals surface area contributed by atoms with Gasteiger partial charge >= 0.3 is 5.69 Å². The highest BCUT2D eigenvalue weighted by atomic mass is 16.2.